The van der Waals surface area contributed by atoms with Crippen molar-refractivity contribution < 1.29 is 14.3 Å². The lowest BCUT2D eigenvalue weighted by molar-refractivity contribution is 0.0698. The fourth-order valence-electron chi connectivity index (χ4n) is 4.81. The summed E-state index contributed by atoms with van der Waals surface area (Å²) in [6.07, 6.45) is 7.48. The highest BCUT2D eigenvalue weighted by atomic mass is 16.5. The van der Waals surface area contributed by atoms with Crippen LogP contribution >= 0.6 is 0 Å². The fraction of sp³-hybridized carbons (Fsp3) is 0.762. The molecule has 0 radical (unpaired) electrons. The number of methoxy groups -OCH3 is 1. The molecule has 160 valence electrons. The van der Waals surface area contributed by atoms with Gasteiger partial charge in [0.05, 0.1) is 12.3 Å². The number of nitrogens with zero attached hydrogens (tertiary/aromatic N) is 4. The lowest BCUT2D eigenvalue weighted by atomic mass is 9.95. The third-order valence-electron chi connectivity index (χ3n) is 6.48. The quantitative estimate of drug-likeness (QED) is 0.817. The Morgan fingerprint density at radius 3 is 2.79 bits per heavy atom. The maximum Gasteiger partial charge on any atom is 0.317 e. The number of hydrogen-bond acceptors (Lipinski definition) is 4. The zero-order valence-corrected chi connectivity index (χ0v) is 17.4. The van der Waals surface area contributed by atoms with Gasteiger partial charge < -0.3 is 19.9 Å². The molecule has 3 amide bonds. The van der Waals surface area contributed by atoms with Crippen molar-refractivity contribution in [3.63, 3.8) is 0 Å². The number of ether oxygens (including phenoxy) is 1. The molecular formula is C21H33N5O3. The molecule has 1 aliphatic carbocycles. The SMILES string of the molecule is COCCN1CCCn2nc(C3CCCN(C(=O)NC4CCCC4)C3)cc2C1=O. The minimum atomic E-state index is 0.0324. The number of nitrogens with one attached hydrogen (secondary N) is 1. The first-order chi connectivity index (χ1) is 14.2. The van der Waals surface area contributed by atoms with Gasteiger partial charge in [0.25, 0.3) is 5.91 Å². The van der Waals surface area contributed by atoms with E-state index in [4.69, 9.17) is 9.84 Å². The predicted octanol–water partition coefficient (Wildman–Crippen LogP) is 2.21. The Bertz CT molecular complexity index is 728. The van der Waals surface area contributed by atoms with E-state index in [1.165, 1.54) is 12.8 Å². The molecule has 0 aromatic carbocycles. The molecule has 3 aliphatic rings. The maximum absolute atomic E-state index is 12.9. The van der Waals surface area contributed by atoms with E-state index >= 15 is 0 Å². The monoisotopic (exact) mass is 403 g/mol. The normalized spacial score (nSPS) is 23.2. The molecule has 1 unspecified atom stereocenters. The fourth-order valence-corrected chi connectivity index (χ4v) is 4.81. The first kappa shape index (κ1) is 20.2. The lowest BCUT2D eigenvalue weighted by Crippen LogP contribution is -2.47. The van der Waals surface area contributed by atoms with E-state index in [9.17, 15) is 9.59 Å². The zero-order valence-electron chi connectivity index (χ0n) is 17.4. The van der Waals surface area contributed by atoms with Gasteiger partial charge in [-0.25, -0.2) is 4.79 Å². The largest absolute Gasteiger partial charge is 0.383 e. The summed E-state index contributed by atoms with van der Waals surface area (Å²) in [7, 11) is 1.66. The highest BCUT2D eigenvalue weighted by Gasteiger charge is 2.31. The second-order valence-corrected chi connectivity index (χ2v) is 8.53. The molecule has 8 nitrogen and oxygen atoms in total. The average Bonchev–Trinajstić information content (AvgIpc) is 3.37. The minimum absolute atomic E-state index is 0.0324. The van der Waals surface area contributed by atoms with Crippen molar-refractivity contribution >= 4 is 11.9 Å². The molecule has 8 heteroatoms. The van der Waals surface area contributed by atoms with Gasteiger partial charge in [0.1, 0.15) is 5.69 Å². The molecule has 4 rings (SSSR count). The lowest BCUT2D eigenvalue weighted by Gasteiger charge is -2.33. The van der Waals surface area contributed by atoms with Gasteiger partial charge >= 0.3 is 6.03 Å². The molecule has 29 heavy (non-hydrogen) atoms. The van der Waals surface area contributed by atoms with E-state index in [0.29, 0.717) is 31.4 Å². The van der Waals surface area contributed by atoms with Crippen molar-refractivity contribution in [1.82, 2.24) is 24.9 Å². The molecule has 1 aromatic rings. The Morgan fingerprint density at radius 2 is 2.00 bits per heavy atom. The summed E-state index contributed by atoms with van der Waals surface area (Å²) in [5.41, 5.74) is 1.61. The third kappa shape index (κ3) is 4.57. The van der Waals surface area contributed by atoms with E-state index in [2.05, 4.69) is 5.32 Å². The van der Waals surface area contributed by atoms with Crippen molar-refractivity contribution in [3.05, 3.63) is 17.5 Å². The standard InChI is InChI=1S/C21H33N5O3/c1-29-13-12-24-10-5-11-26-19(20(24)27)14-18(23-26)16-6-4-9-25(15-16)21(28)22-17-7-2-3-8-17/h14,16-17H,2-13,15H2,1H3,(H,22,28). The van der Waals surface area contributed by atoms with Crippen LogP contribution in [0.5, 0.6) is 0 Å². The summed E-state index contributed by atoms with van der Waals surface area (Å²) < 4.78 is 7.01. The smallest absolute Gasteiger partial charge is 0.317 e. The maximum atomic E-state index is 12.9. The van der Waals surface area contributed by atoms with Crippen LogP contribution in [-0.4, -0.2) is 77.5 Å². The molecule has 1 aromatic heterocycles. The van der Waals surface area contributed by atoms with Crippen LogP contribution in [0, 0.1) is 0 Å². The van der Waals surface area contributed by atoms with E-state index in [0.717, 1.165) is 57.4 Å². The van der Waals surface area contributed by atoms with Gasteiger partial charge in [0.15, 0.2) is 0 Å². The Morgan fingerprint density at radius 1 is 1.17 bits per heavy atom. The van der Waals surface area contributed by atoms with E-state index in [1.807, 2.05) is 20.5 Å². The van der Waals surface area contributed by atoms with Crippen molar-refractivity contribution in [2.24, 2.45) is 0 Å². The van der Waals surface area contributed by atoms with Crippen LogP contribution in [0.15, 0.2) is 6.07 Å². The molecule has 1 atom stereocenters. The van der Waals surface area contributed by atoms with Crippen LogP contribution < -0.4 is 5.32 Å². The van der Waals surface area contributed by atoms with Crippen LogP contribution in [0.3, 0.4) is 0 Å². The Hall–Kier alpha value is -2.09. The highest BCUT2D eigenvalue weighted by molar-refractivity contribution is 5.93. The number of amides is 3. The molecule has 0 bridgehead atoms. The van der Waals surface area contributed by atoms with Gasteiger partial charge in [-0.1, -0.05) is 12.8 Å². The summed E-state index contributed by atoms with van der Waals surface area (Å²) in [6, 6.07) is 2.35. The molecular weight excluding hydrogens is 370 g/mol. The van der Waals surface area contributed by atoms with Crippen LogP contribution in [0.4, 0.5) is 4.79 Å². The Kier molecular flexibility index (Phi) is 6.37. The van der Waals surface area contributed by atoms with Gasteiger partial charge in [-0.2, -0.15) is 5.10 Å². The third-order valence-corrected chi connectivity index (χ3v) is 6.48. The number of fused-ring (bicyclic) bond motifs is 1. The van der Waals surface area contributed by atoms with Crippen LogP contribution in [0.2, 0.25) is 0 Å². The number of aromatic nitrogens is 2. The molecule has 1 saturated heterocycles. The summed E-state index contributed by atoms with van der Waals surface area (Å²) in [4.78, 5) is 29.4. The molecule has 2 fully saturated rings. The summed E-state index contributed by atoms with van der Waals surface area (Å²) in [5, 5.41) is 7.98. The average molecular weight is 404 g/mol. The topological polar surface area (TPSA) is 79.7 Å². The molecule has 2 aliphatic heterocycles. The first-order valence-electron chi connectivity index (χ1n) is 11.1. The molecule has 0 spiro atoms. The van der Waals surface area contributed by atoms with Crippen molar-refractivity contribution in [3.8, 4) is 0 Å². The molecule has 1 N–H and O–H groups in total. The number of rotatable bonds is 5. The Balaban J connectivity index is 1.43. The second kappa shape index (κ2) is 9.15. The Labute approximate surface area is 172 Å². The minimum Gasteiger partial charge on any atom is -0.383 e. The van der Waals surface area contributed by atoms with Gasteiger partial charge in [0, 0.05) is 51.8 Å². The summed E-state index contributed by atoms with van der Waals surface area (Å²) in [6.45, 7) is 4.11. The summed E-state index contributed by atoms with van der Waals surface area (Å²) >= 11 is 0. The first-order valence-corrected chi connectivity index (χ1v) is 11.1. The number of aryl methyl sites for hydroxylation is 1. The van der Waals surface area contributed by atoms with Crippen LogP contribution in [0.25, 0.3) is 0 Å². The van der Waals surface area contributed by atoms with Crippen molar-refractivity contribution in [2.45, 2.75) is 63.5 Å². The van der Waals surface area contributed by atoms with E-state index < -0.39 is 0 Å². The van der Waals surface area contributed by atoms with Gasteiger partial charge in [-0.15, -0.1) is 0 Å². The number of carbonyl (C=O) groups excluding carboxylic acids is 2. The number of urea groups is 1. The number of carbonyl (C=O) groups is 2. The van der Waals surface area contributed by atoms with E-state index in [-0.39, 0.29) is 17.9 Å². The van der Waals surface area contributed by atoms with Crippen LogP contribution in [0.1, 0.15) is 67.0 Å². The van der Waals surface area contributed by atoms with Crippen molar-refractivity contribution in [1.29, 1.82) is 0 Å². The van der Waals surface area contributed by atoms with E-state index in [1.54, 1.807) is 7.11 Å². The van der Waals surface area contributed by atoms with Crippen molar-refractivity contribution in [2.75, 3.05) is 39.9 Å². The predicted molar refractivity (Wildman–Crippen MR) is 109 cm³/mol. The molecule has 3 heterocycles. The number of hydrogen-bond donors (Lipinski definition) is 1. The zero-order chi connectivity index (χ0) is 20.2. The number of piperidine rings is 1. The van der Waals surface area contributed by atoms with Gasteiger partial charge in [-0.3, -0.25) is 9.48 Å². The molecule has 1 saturated carbocycles. The van der Waals surface area contributed by atoms with Gasteiger partial charge in [-0.05, 0) is 38.2 Å². The highest BCUT2D eigenvalue weighted by Crippen LogP contribution is 2.28. The summed E-state index contributed by atoms with van der Waals surface area (Å²) in [5.74, 6) is 0.225. The second-order valence-electron chi connectivity index (χ2n) is 8.53. The van der Waals surface area contributed by atoms with Gasteiger partial charge in [0.2, 0.25) is 0 Å². The van der Waals surface area contributed by atoms with Crippen LogP contribution in [-0.2, 0) is 11.3 Å². The number of likely N-dealkylation sites (tertiary alicyclic amines) is 1.